The van der Waals surface area contributed by atoms with Crippen molar-refractivity contribution >= 4 is 42.6 Å². The Labute approximate surface area is 136 Å². The Bertz CT molecular complexity index is 827. The van der Waals surface area contributed by atoms with Gasteiger partial charge in [0.25, 0.3) is 19.7 Å². The van der Waals surface area contributed by atoms with Gasteiger partial charge in [-0.3, -0.25) is 0 Å². The van der Waals surface area contributed by atoms with Gasteiger partial charge in [-0.05, 0) is 12.1 Å². The van der Waals surface area contributed by atoms with Gasteiger partial charge in [0.15, 0.2) is 0 Å². The second-order valence-corrected chi connectivity index (χ2v) is 12.7. The van der Waals surface area contributed by atoms with E-state index in [-0.39, 0.29) is 3.57 Å². The summed E-state index contributed by atoms with van der Waals surface area (Å²) >= 11 is -2.59. The fraction of sp³-hybridized carbons (Fsp3) is 0.300. The summed E-state index contributed by atoms with van der Waals surface area (Å²) in [6, 6.07) is 6.22. The van der Waals surface area contributed by atoms with Gasteiger partial charge in [-0.15, -0.1) is 0 Å². The molecule has 0 radical (unpaired) electrons. The van der Waals surface area contributed by atoms with Crippen LogP contribution >= 0.6 is 20.7 Å². The highest BCUT2D eigenvalue weighted by atomic mass is 127. The zero-order valence-electron chi connectivity index (χ0n) is 10.5. The van der Waals surface area contributed by atoms with Gasteiger partial charge in [0.2, 0.25) is 2.17 Å². The minimum absolute atomic E-state index is 0.120. The first-order valence-electron chi connectivity index (χ1n) is 5.41. The maximum absolute atomic E-state index is 13.5. The van der Waals surface area contributed by atoms with Crippen LogP contribution in [-0.4, -0.2) is 35.4 Å². The third-order valence-electron chi connectivity index (χ3n) is 2.75. The Morgan fingerprint density at radius 1 is 0.739 bits per heavy atom. The summed E-state index contributed by atoms with van der Waals surface area (Å²) in [6.45, 7) is 0. The lowest BCUT2D eigenvalue weighted by Gasteiger charge is -2.36. The van der Waals surface area contributed by atoms with E-state index < -0.39 is 59.0 Å². The summed E-state index contributed by atoms with van der Waals surface area (Å²) in [7, 11) is -12.9. The second-order valence-electron chi connectivity index (χ2n) is 4.24. The van der Waals surface area contributed by atoms with Crippen LogP contribution in [0.2, 0.25) is 0 Å². The molecule has 1 aliphatic rings. The maximum atomic E-state index is 13.5. The van der Waals surface area contributed by atoms with Gasteiger partial charge in [0, 0.05) is 3.57 Å². The average molecular weight is 494 g/mol. The number of hydrogen-bond acceptors (Lipinski definition) is 4. The van der Waals surface area contributed by atoms with Crippen molar-refractivity contribution in [1.82, 2.24) is 0 Å². The van der Waals surface area contributed by atoms with Crippen molar-refractivity contribution in [3.8, 4) is 0 Å². The molecule has 130 valence electrons. The Morgan fingerprint density at radius 2 is 1.13 bits per heavy atom. The third-order valence-corrected chi connectivity index (χ3v) is 13.1. The monoisotopic (exact) mass is 494 g/mol. The highest BCUT2D eigenvalue weighted by Crippen LogP contribution is 2.57. The SMILES string of the molecule is O=S1(=O)C(=Ic2ccccc2)S(=O)(=O)C(F)(F)C(F)(F)C1(F)F. The fourth-order valence-corrected chi connectivity index (χ4v) is 10.8. The molecule has 1 aromatic rings. The lowest BCUT2D eigenvalue weighted by molar-refractivity contribution is -0.243. The van der Waals surface area contributed by atoms with Crippen molar-refractivity contribution in [2.45, 2.75) is 16.4 Å². The van der Waals surface area contributed by atoms with Crippen molar-refractivity contribution < 1.29 is 43.2 Å². The van der Waals surface area contributed by atoms with Crippen LogP contribution in [0, 0.1) is 3.57 Å². The molecule has 0 unspecified atom stereocenters. The minimum atomic E-state index is -6.58. The lowest BCUT2D eigenvalue weighted by Crippen LogP contribution is -2.68. The molecule has 1 fully saturated rings. The van der Waals surface area contributed by atoms with E-state index in [1.54, 1.807) is 0 Å². The number of benzene rings is 1. The molecule has 1 aliphatic heterocycles. The zero-order chi connectivity index (χ0) is 17.9. The van der Waals surface area contributed by atoms with Crippen molar-refractivity contribution in [3.63, 3.8) is 0 Å². The summed E-state index contributed by atoms with van der Waals surface area (Å²) in [5.74, 6) is -6.58. The number of halogens is 7. The predicted octanol–water partition coefficient (Wildman–Crippen LogP) is 2.58. The lowest BCUT2D eigenvalue weighted by atomic mass is 10.3. The van der Waals surface area contributed by atoms with Gasteiger partial charge >= 0.3 is 16.4 Å². The molecule has 0 amide bonds. The number of hydrogen-bond donors (Lipinski definition) is 0. The normalized spacial score (nSPS) is 26.6. The Morgan fingerprint density at radius 3 is 1.52 bits per heavy atom. The Hall–Kier alpha value is -0.700. The van der Waals surface area contributed by atoms with Gasteiger partial charge in [-0.1, -0.05) is 38.9 Å². The molecule has 0 spiro atoms. The summed E-state index contributed by atoms with van der Waals surface area (Å²) in [5, 5.41) is -12.5. The topological polar surface area (TPSA) is 68.3 Å². The van der Waals surface area contributed by atoms with Gasteiger partial charge < -0.3 is 0 Å². The summed E-state index contributed by atoms with van der Waals surface area (Å²) in [4.78, 5) is 0. The van der Waals surface area contributed by atoms with E-state index in [0.29, 0.717) is 0 Å². The number of sulfone groups is 2. The van der Waals surface area contributed by atoms with Crippen LogP contribution in [0.4, 0.5) is 26.3 Å². The molecular weight excluding hydrogens is 489 g/mol. The fourth-order valence-electron chi connectivity index (χ4n) is 1.52. The number of rotatable bonds is 1. The van der Waals surface area contributed by atoms with Crippen LogP contribution in [0.15, 0.2) is 30.3 Å². The molecular formula is C10H5F6IO4S2. The summed E-state index contributed by atoms with van der Waals surface area (Å²) in [5.41, 5.74) is 0. The van der Waals surface area contributed by atoms with E-state index in [0.717, 1.165) is 12.1 Å². The molecule has 1 heterocycles. The van der Waals surface area contributed by atoms with Gasteiger partial charge in [-0.25, -0.2) is 16.8 Å². The van der Waals surface area contributed by atoms with E-state index in [9.17, 15) is 43.2 Å². The molecule has 23 heavy (non-hydrogen) atoms. The zero-order valence-corrected chi connectivity index (χ0v) is 14.3. The molecule has 1 saturated heterocycles. The molecule has 0 aliphatic carbocycles. The van der Waals surface area contributed by atoms with Crippen LogP contribution in [0.1, 0.15) is 0 Å². The molecule has 0 bridgehead atoms. The van der Waals surface area contributed by atoms with Crippen LogP contribution in [0.3, 0.4) is 0 Å². The van der Waals surface area contributed by atoms with E-state index >= 15 is 0 Å². The average Bonchev–Trinajstić information content (AvgIpc) is 2.43. The summed E-state index contributed by atoms with van der Waals surface area (Å²) in [6.07, 6.45) is 0. The van der Waals surface area contributed by atoms with E-state index in [4.69, 9.17) is 0 Å². The van der Waals surface area contributed by atoms with Crippen molar-refractivity contribution in [3.05, 3.63) is 33.9 Å². The van der Waals surface area contributed by atoms with Crippen LogP contribution in [0.5, 0.6) is 0 Å². The molecule has 4 nitrogen and oxygen atoms in total. The van der Waals surface area contributed by atoms with Gasteiger partial charge in [-0.2, -0.15) is 26.3 Å². The van der Waals surface area contributed by atoms with Crippen molar-refractivity contribution in [2.75, 3.05) is 0 Å². The van der Waals surface area contributed by atoms with Crippen LogP contribution < -0.4 is 0 Å². The molecule has 0 saturated carbocycles. The largest absolute Gasteiger partial charge is 0.420 e. The second kappa shape index (κ2) is 5.15. The molecule has 0 aromatic heterocycles. The first-order chi connectivity index (χ1) is 10.2. The van der Waals surface area contributed by atoms with Crippen molar-refractivity contribution in [1.29, 1.82) is 0 Å². The Kier molecular flexibility index (Phi) is 4.17. The molecule has 13 heteroatoms. The Balaban J connectivity index is 2.90. The molecule has 0 atom stereocenters. The maximum Gasteiger partial charge on any atom is 0.420 e. The van der Waals surface area contributed by atoms with E-state index in [1.807, 2.05) is 0 Å². The standard InChI is InChI=1S/C10H5F6IO4S2/c11-8(12)9(13,14)22(18,19)7(23(20,21)10(8,15)16)17-6-4-2-1-3-5-6/h1-5H. The van der Waals surface area contributed by atoms with Gasteiger partial charge in [0.1, 0.15) is 0 Å². The predicted molar refractivity (Wildman–Crippen MR) is 76.8 cm³/mol. The van der Waals surface area contributed by atoms with E-state index in [2.05, 4.69) is 0 Å². The molecule has 1 aromatic carbocycles. The quantitative estimate of drug-likeness (QED) is 0.445. The highest BCUT2D eigenvalue weighted by molar-refractivity contribution is 14.2. The first kappa shape index (κ1) is 18.6. The van der Waals surface area contributed by atoms with Gasteiger partial charge in [0.05, 0.1) is 0 Å². The minimum Gasteiger partial charge on any atom is -0.216 e. The molecule has 2 rings (SSSR count). The summed E-state index contributed by atoms with van der Waals surface area (Å²) < 4.78 is 124. The third kappa shape index (κ3) is 2.26. The smallest absolute Gasteiger partial charge is 0.216 e. The first-order valence-corrected chi connectivity index (χ1v) is 10.5. The van der Waals surface area contributed by atoms with Crippen LogP contribution in [-0.2, 0) is 19.7 Å². The highest BCUT2D eigenvalue weighted by Gasteiger charge is 2.87. The van der Waals surface area contributed by atoms with E-state index in [1.165, 1.54) is 18.2 Å². The van der Waals surface area contributed by atoms with Crippen LogP contribution in [0.25, 0.3) is 0 Å². The number of alkyl halides is 6. The molecule has 0 N–H and O–H groups in total. The van der Waals surface area contributed by atoms with Crippen molar-refractivity contribution in [2.24, 2.45) is 0 Å².